The maximum atomic E-state index is 10.2. The quantitative estimate of drug-likeness (QED) is 0.552. The van der Waals surface area contributed by atoms with Crippen molar-refractivity contribution in [2.75, 3.05) is 13.7 Å². The second kappa shape index (κ2) is 11.2. The van der Waals surface area contributed by atoms with E-state index in [9.17, 15) is 10.2 Å². The number of ether oxygens (including phenoxy) is 3. The van der Waals surface area contributed by atoms with Crippen LogP contribution in [0.5, 0.6) is 17.2 Å². The van der Waals surface area contributed by atoms with Gasteiger partial charge in [-0.3, -0.25) is 0 Å². The van der Waals surface area contributed by atoms with Crippen molar-refractivity contribution in [1.82, 2.24) is 0 Å². The van der Waals surface area contributed by atoms with E-state index >= 15 is 0 Å². The molecule has 0 radical (unpaired) electrons. The molecule has 0 aliphatic carbocycles. The van der Waals surface area contributed by atoms with Gasteiger partial charge in [-0.1, -0.05) is 44.5 Å². The molecule has 0 saturated heterocycles. The molecule has 0 aromatic heterocycles. The van der Waals surface area contributed by atoms with E-state index in [4.69, 9.17) is 14.2 Å². The molecule has 5 nitrogen and oxygen atoms in total. The van der Waals surface area contributed by atoms with Crippen molar-refractivity contribution in [1.29, 1.82) is 0 Å². The maximum absolute atomic E-state index is 10.2. The van der Waals surface area contributed by atoms with E-state index in [1.807, 2.05) is 65.0 Å². The number of aryl methyl sites for hydroxylation is 2. The summed E-state index contributed by atoms with van der Waals surface area (Å²) in [6.07, 6.45) is 0.123. The molecule has 0 bridgehead atoms. The standard InChI is InChI=1S/C25H36O5/c1-7-20(27)21(8-2)29-23-12-10-19(14-24(23)28-6)18(5)25(15-26)30-22-11-9-16(3)13-17(22)4/h9-14,18,20-21,25-27H,7-8,15H2,1-6H3. The lowest BCUT2D eigenvalue weighted by Crippen LogP contribution is -2.30. The highest BCUT2D eigenvalue weighted by Gasteiger charge is 2.24. The van der Waals surface area contributed by atoms with Crippen LogP contribution in [-0.4, -0.2) is 42.2 Å². The summed E-state index contributed by atoms with van der Waals surface area (Å²) >= 11 is 0. The molecule has 0 aliphatic heterocycles. The first-order valence-corrected chi connectivity index (χ1v) is 10.7. The van der Waals surface area contributed by atoms with E-state index in [2.05, 4.69) is 6.07 Å². The molecular formula is C25H36O5. The predicted molar refractivity (Wildman–Crippen MR) is 120 cm³/mol. The van der Waals surface area contributed by atoms with Crippen molar-refractivity contribution in [3.63, 3.8) is 0 Å². The molecule has 0 heterocycles. The van der Waals surface area contributed by atoms with Crippen molar-refractivity contribution in [3.8, 4) is 17.2 Å². The van der Waals surface area contributed by atoms with E-state index in [1.165, 1.54) is 5.56 Å². The largest absolute Gasteiger partial charge is 0.493 e. The lowest BCUT2D eigenvalue weighted by atomic mass is 9.95. The molecule has 2 N–H and O–H groups in total. The Morgan fingerprint density at radius 1 is 0.867 bits per heavy atom. The van der Waals surface area contributed by atoms with Gasteiger partial charge in [-0.05, 0) is 56.0 Å². The van der Waals surface area contributed by atoms with Crippen molar-refractivity contribution in [3.05, 3.63) is 53.1 Å². The van der Waals surface area contributed by atoms with Gasteiger partial charge in [0.2, 0.25) is 0 Å². The Morgan fingerprint density at radius 2 is 1.53 bits per heavy atom. The normalized spacial score (nSPS) is 15.2. The molecule has 5 heteroatoms. The lowest BCUT2D eigenvalue weighted by Gasteiger charge is -2.26. The number of rotatable bonds is 11. The van der Waals surface area contributed by atoms with Crippen molar-refractivity contribution in [2.24, 2.45) is 0 Å². The highest BCUT2D eigenvalue weighted by Crippen LogP contribution is 2.34. The second-order valence-corrected chi connectivity index (χ2v) is 7.85. The third kappa shape index (κ3) is 5.89. The van der Waals surface area contributed by atoms with Crippen LogP contribution in [0.2, 0.25) is 0 Å². The number of hydrogen-bond donors (Lipinski definition) is 2. The Hall–Kier alpha value is -2.24. The molecule has 30 heavy (non-hydrogen) atoms. The van der Waals surface area contributed by atoms with Gasteiger partial charge < -0.3 is 24.4 Å². The highest BCUT2D eigenvalue weighted by molar-refractivity contribution is 5.44. The first-order valence-electron chi connectivity index (χ1n) is 10.7. The average molecular weight is 417 g/mol. The van der Waals surface area contributed by atoms with Gasteiger partial charge in [-0.25, -0.2) is 0 Å². The fourth-order valence-corrected chi connectivity index (χ4v) is 3.53. The summed E-state index contributed by atoms with van der Waals surface area (Å²) in [6.45, 7) is 9.89. The molecular weight excluding hydrogens is 380 g/mol. The third-order valence-corrected chi connectivity index (χ3v) is 5.59. The number of hydrogen-bond acceptors (Lipinski definition) is 5. The SMILES string of the molecule is CCC(O)C(CC)Oc1ccc(C(C)C(CO)Oc2ccc(C)cc2C)cc1OC. The van der Waals surface area contributed by atoms with E-state index in [-0.39, 0.29) is 18.6 Å². The summed E-state index contributed by atoms with van der Waals surface area (Å²) in [5, 5.41) is 20.1. The Bertz CT molecular complexity index is 804. The molecule has 0 amide bonds. The van der Waals surface area contributed by atoms with Crippen LogP contribution in [0.15, 0.2) is 36.4 Å². The number of aliphatic hydroxyl groups excluding tert-OH is 2. The van der Waals surface area contributed by atoms with Crippen molar-refractivity contribution >= 4 is 0 Å². The van der Waals surface area contributed by atoms with Crippen LogP contribution in [0.4, 0.5) is 0 Å². The van der Waals surface area contributed by atoms with Crippen molar-refractivity contribution < 1.29 is 24.4 Å². The van der Waals surface area contributed by atoms with Gasteiger partial charge in [-0.15, -0.1) is 0 Å². The van der Waals surface area contributed by atoms with Gasteiger partial charge in [-0.2, -0.15) is 0 Å². The fraction of sp³-hybridized carbons (Fsp3) is 0.520. The van der Waals surface area contributed by atoms with E-state index in [1.54, 1.807) is 7.11 Å². The summed E-state index contributed by atoms with van der Waals surface area (Å²) in [7, 11) is 1.60. The number of aliphatic hydroxyl groups is 2. The molecule has 0 fully saturated rings. The molecule has 0 aliphatic rings. The summed E-state index contributed by atoms with van der Waals surface area (Å²) < 4.78 is 17.7. The fourth-order valence-electron chi connectivity index (χ4n) is 3.53. The molecule has 2 aromatic carbocycles. The van der Waals surface area contributed by atoms with Gasteiger partial charge in [0.25, 0.3) is 0 Å². The van der Waals surface area contributed by atoms with Crippen LogP contribution in [0.3, 0.4) is 0 Å². The molecule has 0 saturated carbocycles. The molecule has 0 spiro atoms. The zero-order valence-electron chi connectivity index (χ0n) is 19.0. The van der Waals surface area contributed by atoms with Gasteiger partial charge >= 0.3 is 0 Å². The van der Waals surface area contributed by atoms with Crippen molar-refractivity contribution in [2.45, 2.75) is 71.7 Å². The van der Waals surface area contributed by atoms with E-state index in [0.29, 0.717) is 24.3 Å². The van der Waals surface area contributed by atoms with Crippen LogP contribution >= 0.6 is 0 Å². The monoisotopic (exact) mass is 416 g/mol. The second-order valence-electron chi connectivity index (χ2n) is 7.85. The number of methoxy groups -OCH3 is 1. The summed E-state index contributed by atoms with van der Waals surface area (Å²) in [6, 6.07) is 11.8. The average Bonchev–Trinajstić information content (AvgIpc) is 2.76. The minimum atomic E-state index is -0.525. The Labute approximate surface area is 180 Å². The zero-order chi connectivity index (χ0) is 22.3. The zero-order valence-corrected chi connectivity index (χ0v) is 19.0. The predicted octanol–water partition coefficient (Wildman–Crippen LogP) is 4.78. The van der Waals surface area contributed by atoms with Gasteiger partial charge in [0.05, 0.1) is 19.8 Å². The molecule has 4 unspecified atom stereocenters. The first kappa shape index (κ1) is 24.0. The van der Waals surface area contributed by atoms with Crippen LogP contribution < -0.4 is 14.2 Å². The van der Waals surface area contributed by atoms with E-state index < -0.39 is 12.2 Å². The first-order chi connectivity index (χ1) is 14.3. The summed E-state index contributed by atoms with van der Waals surface area (Å²) in [4.78, 5) is 0. The maximum Gasteiger partial charge on any atom is 0.161 e. The minimum Gasteiger partial charge on any atom is -0.493 e. The summed E-state index contributed by atoms with van der Waals surface area (Å²) in [5.74, 6) is 1.91. The third-order valence-electron chi connectivity index (χ3n) is 5.59. The molecule has 2 aromatic rings. The van der Waals surface area contributed by atoms with Gasteiger partial charge in [0.1, 0.15) is 18.0 Å². The smallest absolute Gasteiger partial charge is 0.161 e. The molecule has 4 atom stereocenters. The Balaban J connectivity index is 2.22. The Kier molecular flexibility index (Phi) is 9.00. The topological polar surface area (TPSA) is 68.2 Å². The molecule has 2 rings (SSSR count). The minimum absolute atomic E-state index is 0.0677. The van der Waals surface area contributed by atoms with Crippen LogP contribution in [0.1, 0.15) is 56.2 Å². The van der Waals surface area contributed by atoms with Gasteiger partial charge in [0.15, 0.2) is 11.5 Å². The van der Waals surface area contributed by atoms with Gasteiger partial charge in [0, 0.05) is 5.92 Å². The lowest BCUT2D eigenvalue weighted by molar-refractivity contribution is 0.0305. The van der Waals surface area contributed by atoms with Crippen LogP contribution in [0.25, 0.3) is 0 Å². The van der Waals surface area contributed by atoms with Crippen LogP contribution in [-0.2, 0) is 0 Å². The Morgan fingerprint density at radius 3 is 2.10 bits per heavy atom. The highest BCUT2D eigenvalue weighted by atomic mass is 16.5. The number of benzene rings is 2. The van der Waals surface area contributed by atoms with E-state index in [0.717, 1.165) is 16.9 Å². The van der Waals surface area contributed by atoms with Crippen LogP contribution in [0, 0.1) is 13.8 Å². The summed E-state index contributed by atoms with van der Waals surface area (Å²) in [5.41, 5.74) is 3.20. The molecule has 166 valence electrons.